The van der Waals surface area contributed by atoms with Gasteiger partial charge >= 0.3 is 0 Å². The molecule has 5 heterocycles. The van der Waals surface area contributed by atoms with E-state index < -0.39 is 0 Å². The third-order valence-electron chi connectivity index (χ3n) is 6.47. The van der Waals surface area contributed by atoms with Crippen LogP contribution < -0.4 is 5.73 Å². The Labute approximate surface area is 195 Å². The summed E-state index contributed by atoms with van der Waals surface area (Å²) in [6.07, 6.45) is 10.6. The molecule has 170 valence electrons. The van der Waals surface area contributed by atoms with Crippen LogP contribution in [0.25, 0.3) is 44.8 Å². The standard InChI is InChI=1S/C25H23FN8/c1-14-20(26)4-5-23(31-14)25-19(12-29-33-25)21-6-7-22-24(32-21)8-15(10-28-22)16-11-30-34(13-16)18-3-2-17(27)9-18/h4-8,10-13,17-18H,2-3,9,27H2,1H3,(H,29,33)/t17-,18+/m1/s1. The largest absolute Gasteiger partial charge is 0.328 e. The number of nitrogens with zero attached hydrogens (tertiary/aromatic N) is 6. The molecule has 0 spiro atoms. The second kappa shape index (κ2) is 8.11. The first kappa shape index (κ1) is 20.6. The Balaban J connectivity index is 1.36. The van der Waals surface area contributed by atoms with Crippen LogP contribution in [0.1, 0.15) is 31.0 Å². The van der Waals surface area contributed by atoms with Gasteiger partial charge in [-0.05, 0) is 56.5 Å². The molecule has 0 bridgehead atoms. The summed E-state index contributed by atoms with van der Waals surface area (Å²) in [5.74, 6) is -0.345. The number of aromatic amines is 1. The quantitative estimate of drug-likeness (QED) is 0.415. The van der Waals surface area contributed by atoms with Crippen LogP contribution in [-0.2, 0) is 0 Å². The maximum absolute atomic E-state index is 13.7. The first-order valence-corrected chi connectivity index (χ1v) is 11.3. The summed E-state index contributed by atoms with van der Waals surface area (Å²) in [7, 11) is 0. The third-order valence-corrected chi connectivity index (χ3v) is 6.47. The highest BCUT2D eigenvalue weighted by atomic mass is 19.1. The fraction of sp³-hybridized carbons (Fsp3) is 0.240. The van der Waals surface area contributed by atoms with Crippen molar-refractivity contribution < 1.29 is 4.39 Å². The van der Waals surface area contributed by atoms with E-state index in [4.69, 9.17) is 10.7 Å². The van der Waals surface area contributed by atoms with Crippen LogP contribution in [0.3, 0.4) is 0 Å². The minimum Gasteiger partial charge on any atom is -0.328 e. The smallest absolute Gasteiger partial charge is 0.144 e. The molecule has 5 aromatic heterocycles. The van der Waals surface area contributed by atoms with E-state index in [2.05, 4.69) is 31.5 Å². The van der Waals surface area contributed by atoms with Crippen molar-refractivity contribution in [3.05, 3.63) is 66.6 Å². The minimum absolute atomic E-state index is 0.254. The number of hydrogen-bond donors (Lipinski definition) is 2. The molecule has 0 amide bonds. The fourth-order valence-corrected chi connectivity index (χ4v) is 4.59. The van der Waals surface area contributed by atoms with Gasteiger partial charge in [0.05, 0.1) is 40.4 Å². The van der Waals surface area contributed by atoms with Gasteiger partial charge in [0.1, 0.15) is 11.5 Å². The van der Waals surface area contributed by atoms with E-state index in [1.165, 1.54) is 6.07 Å². The van der Waals surface area contributed by atoms with Gasteiger partial charge in [-0.3, -0.25) is 14.8 Å². The molecule has 9 heteroatoms. The maximum atomic E-state index is 13.7. The predicted molar refractivity (Wildman–Crippen MR) is 127 cm³/mol. The topological polar surface area (TPSA) is 111 Å². The van der Waals surface area contributed by atoms with Crippen LogP contribution in [0.4, 0.5) is 4.39 Å². The Morgan fingerprint density at radius 2 is 1.91 bits per heavy atom. The zero-order valence-electron chi connectivity index (χ0n) is 18.6. The zero-order valence-corrected chi connectivity index (χ0v) is 18.6. The zero-order chi connectivity index (χ0) is 23.2. The predicted octanol–water partition coefficient (Wildman–Crippen LogP) is 4.45. The third kappa shape index (κ3) is 3.63. The van der Waals surface area contributed by atoms with E-state index in [-0.39, 0.29) is 11.9 Å². The number of halogens is 1. The number of H-pyrrole nitrogens is 1. The summed E-state index contributed by atoms with van der Waals surface area (Å²) in [6, 6.07) is 9.49. The molecule has 2 atom stereocenters. The van der Waals surface area contributed by atoms with Crippen molar-refractivity contribution in [3.8, 4) is 33.8 Å². The molecular weight excluding hydrogens is 431 g/mol. The molecule has 3 N–H and O–H groups in total. The van der Waals surface area contributed by atoms with Gasteiger partial charge in [-0.15, -0.1) is 0 Å². The number of hydrogen-bond acceptors (Lipinski definition) is 6. The first-order chi connectivity index (χ1) is 16.5. The van der Waals surface area contributed by atoms with Crippen LogP contribution in [0.2, 0.25) is 0 Å². The molecule has 1 aliphatic carbocycles. The molecular formula is C25H23FN8. The van der Waals surface area contributed by atoms with E-state index in [1.807, 2.05) is 35.3 Å². The molecule has 1 saturated carbocycles. The number of rotatable bonds is 4. The van der Waals surface area contributed by atoms with Crippen LogP contribution >= 0.6 is 0 Å². The molecule has 0 radical (unpaired) electrons. The lowest BCUT2D eigenvalue weighted by atomic mass is 10.1. The molecule has 34 heavy (non-hydrogen) atoms. The van der Waals surface area contributed by atoms with Crippen molar-refractivity contribution >= 4 is 11.0 Å². The molecule has 0 aliphatic heterocycles. The van der Waals surface area contributed by atoms with E-state index in [9.17, 15) is 4.39 Å². The molecule has 5 aromatic rings. The highest BCUT2D eigenvalue weighted by Crippen LogP contribution is 2.32. The Bertz CT molecular complexity index is 1500. The second-order valence-corrected chi connectivity index (χ2v) is 8.81. The average Bonchev–Trinajstić information content (AvgIpc) is 3.61. The first-order valence-electron chi connectivity index (χ1n) is 11.3. The molecule has 0 aromatic carbocycles. The lowest BCUT2D eigenvalue weighted by Crippen LogP contribution is -2.16. The molecule has 6 rings (SSSR count). The number of nitrogens with one attached hydrogen (secondary N) is 1. The molecule has 0 saturated heterocycles. The van der Waals surface area contributed by atoms with Crippen molar-refractivity contribution in [1.29, 1.82) is 0 Å². The van der Waals surface area contributed by atoms with E-state index in [0.717, 1.165) is 52.7 Å². The van der Waals surface area contributed by atoms with Gasteiger partial charge in [0.15, 0.2) is 0 Å². The highest BCUT2D eigenvalue weighted by Gasteiger charge is 2.24. The van der Waals surface area contributed by atoms with Crippen LogP contribution in [-0.4, -0.2) is 41.0 Å². The molecule has 8 nitrogen and oxygen atoms in total. The molecule has 1 aliphatic rings. The Kier molecular flexibility index (Phi) is 4.91. The number of aromatic nitrogens is 7. The van der Waals surface area contributed by atoms with E-state index >= 15 is 0 Å². The van der Waals surface area contributed by atoms with Gasteiger partial charge < -0.3 is 5.73 Å². The monoisotopic (exact) mass is 454 g/mol. The van der Waals surface area contributed by atoms with Gasteiger partial charge in [-0.25, -0.2) is 14.4 Å². The van der Waals surface area contributed by atoms with Crippen molar-refractivity contribution in [1.82, 2.24) is 34.9 Å². The summed E-state index contributed by atoms with van der Waals surface area (Å²) >= 11 is 0. The summed E-state index contributed by atoms with van der Waals surface area (Å²) in [5, 5.41) is 11.8. The van der Waals surface area contributed by atoms with Crippen molar-refractivity contribution in [2.75, 3.05) is 0 Å². The van der Waals surface area contributed by atoms with Gasteiger partial charge in [0, 0.05) is 41.3 Å². The van der Waals surface area contributed by atoms with Crippen LogP contribution in [0.15, 0.2) is 55.1 Å². The van der Waals surface area contributed by atoms with Crippen molar-refractivity contribution in [2.24, 2.45) is 5.73 Å². The summed E-state index contributed by atoms with van der Waals surface area (Å²) in [5.41, 5.74) is 12.6. The van der Waals surface area contributed by atoms with Crippen molar-refractivity contribution in [3.63, 3.8) is 0 Å². The number of pyridine rings is 3. The normalized spacial score (nSPS) is 18.1. The number of aryl methyl sites for hydroxylation is 1. The lowest BCUT2D eigenvalue weighted by Gasteiger charge is -2.09. The summed E-state index contributed by atoms with van der Waals surface area (Å²) in [6.45, 7) is 1.63. The maximum Gasteiger partial charge on any atom is 0.144 e. The second-order valence-electron chi connectivity index (χ2n) is 8.81. The average molecular weight is 455 g/mol. The van der Waals surface area contributed by atoms with Crippen LogP contribution in [0.5, 0.6) is 0 Å². The number of fused-ring (bicyclic) bond motifs is 1. The van der Waals surface area contributed by atoms with Gasteiger partial charge in [0.25, 0.3) is 0 Å². The Morgan fingerprint density at radius 1 is 1.03 bits per heavy atom. The van der Waals surface area contributed by atoms with Gasteiger partial charge in [0.2, 0.25) is 0 Å². The Hall–Kier alpha value is -3.98. The summed E-state index contributed by atoms with van der Waals surface area (Å²) < 4.78 is 15.7. The van der Waals surface area contributed by atoms with E-state index in [1.54, 1.807) is 19.2 Å². The van der Waals surface area contributed by atoms with Gasteiger partial charge in [-0.2, -0.15) is 10.2 Å². The number of nitrogens with two attached hydrogens (primary N) is 1. The summed E-state index contributed by atoms with van der Waals surface area (Å²) in [4.78, 5) is 13.8. The molecule has 1 fully saturated rings. The minimum atomic E-state index is -0.345. The fourth-order valence-electron chi connectivity index (χ4n) is 4.59. The van der Waals surface area contributed by atoms with E-state index in [0.29, 0.717) is 23.1 Å². The SMILES string of the molecule is Cc1nc(-c2n[nH]cc2-c2ccc3ncc(-c4cnn([C@H]5CC[C@@H](N)C5)c4)cc3n2)ccc1F. The van der Waals surface area contributed by atoms with Crippen molar-refractivity contribution in [2.45, 2.75) is 38.3 Å². The lowest BCUT2D eigenvalue weighted by molar-refractivity contribution is 0.461. The molecule has 0 unspecified atom stereocenters. The highest BCUT2D eigenvalue weighted by molar-refractivity contribution is 5.84. The Morgan fingerprint density at radius 3 is 2.74 bits per heavy atom. The van der Waals surface area contributed by atoms with Crippen LogP contribution in [0, 0.1) is 12.7 Å². The van der Waals surface area contributed by atoms with Gasteiger partial charge in [-0.1, -0.05) is 0 Å².